The zero-order chi connectivity index (χ0) is 14.5. The molecule has 1 heterocycles. The van der Waals surface area contributed by atoms with E-state index in [0.29, 0.717) is 18.5 Å². The third-order valence-electron chi connectivity index (χ3n) is 3.37. The Hall–Kier alpha value is -2.35. The summed E-state index contributed by atoms with van der Waals surface area (Å²) in [5, 5.41) is 11.5. The molecule has 3 amide bonds. The van der Waals surface area contributed by atoms with Crippen molar-refractivity contribution in [2.24, 2.45) is 0 Å². The van der Waals surface area contributed by atoms with Gasteiger partial charge in [0.05, 0.1) is 11.6 Å². The van der Waals surface area contributed by atoms with Crippen LogP contribution in [0.4, 0.5) is 4.79 Å². The lowest BCUT2D eigenvalue weighted by atomic mass is 10.0. The molecule has 5 nitrogen and oxygen atoms in total. The maximum atomic E-state index is 12.1. The number of nitrogens with zero attached hydrogens (tertiary/aromatic N) is 2. The van der Waals surface area contributed by atoms with Crippen LogP contribution in [0.2, 0.25) is 0 Å². The number of hydrogen-bond donors (Lipinski definition) is 1. The number of urea groups is 1. The van der Waals surface area contributed by atoms with Crippen LogP contribution in [0, 0.1) is 11.3 Å². The molecule has 0 aromatic heterocycles. The minimum Gasteiger partial charge on any atom is -0.325 e. The number of carbonyl (C=O) groups is 2. The van der Waals surface area contributed by atoms with Crippen molar-refractivity contribution in [3.05, 3.63) is 35.4 Å². The minimum atomic E-state index is -0.493. The van der Waals surface area contributed by atoms with Crippen molar-refractivity contribution < 1.29 is 9.59 Å². The lowest BCUT2D eigenvalue weighted by Crippen LogP contribution is -2.33. The van der Waals surface area contributed by atoms with Crippen molar-refractivity contribution in [1.29, 1.82) is 5.26 Å². The second kappa shape index (κ2) is 6.20. The summed E-state index contributed by atoms with van der Waals surface area (Å²) in [6.45, 7) is 2.50. The number of benzene rings is 1. The van der Waals surface area contributed by atoms with Crippen molar-refractivity contribution in [3.8, 4) is 6.07 Å². The number of nitrogens with one attached hydrogen (secondary N) is 1. The van der Waals surface area contributed by atoms with E-state index in [9.17, 15) is 9.59 Å². The summed E-state index contributed by atoms with van der Waals surface area (Å²) >= 11 is 0. The molecule has 0 spiro atoms. The SMILES string of the molecule is CCCCN1C(=O)NC(Cc2ccc(C#N)cc2)C1=O. The van der Waals surface area contributed by atoms with Gasteiger partial charge in [-0.2, -0.15) is 5.26 Å². The van der Waals surface area contributed by atoms with Crippen LogP contribution in [0.15, 0.2) is 24.3 Å². The number of amides is 3. The van der Waals surface area contributed by atoms with Crippen LogP contribution in [0.3, 0.4) is 0 Å². The first-order valence-electron chi connectivity index (χ1n) is 6.76. The maximum Gasteiger partial charge on any atom is 0.324 e. The molecule has 1 atom stereocenters. The molecule has 0 bridgehead atoms. The molecular weight excluding hydrogens is 254 g/mol. The fourth-order valence-electron chi connectivity index (χ4n) is 2.19. The van der Waals surface area contributed by atoms with Crippen LogP contribution in [0.5, 0.6) is 0 Å². The molecule has 1 aromatic carbocycles. The van der Waals surface area contributed by atoms with Gasteiger partial charge in [-0.1, -0.05) is 25.5 Å². The molecule has 2 rings (SSSR count). The second-order valence-electron chi connectivity index (χ2n) is 4.86. The summed E-state index contributed by atoms with van der Waals surface area (Å²) in [5.74, 6) is -0.159. The number of hydrogen-bond acceptors (Lipinski definition) is 3. The summed E-state index contributed by atoms with van der Waals surface area (Å²) in [5.41, 5.74) is 1.51. The van der Waals surface area contributed by atoms with Crippen molar-refractivity contribution >= 4 is 11.9 Å². The summed E-state index contributed by atoms with van der Waals surface area (Å²) in [6, 6.07) is 8.30. The Morgan fingerprint density at radius 1 is 1.30 bits per heavy atom. The fourth-order valence-corrected chi connectivity index (χ4v) is 2.19. The first-order valence-corrected chi connectivity index (χ1v) is 6.76. The minimum absolute atomic E-state index is 0.159. The highest BCUT2D eigenvalue weighted by Gasteiger charge is 2.37. The van der Waals surface area contributed by atoms with Gasteiger partial charge in [0.1, 0.15) is 6.04 Å². The zero-order valence-corrected chi connectivity index (χ0v) is 11.4. The summed E-state index contributed by atoms with van der Waals surface area (Å²) < 4.78 is 0. The second-order valence-corrected chi connectivity index (χ2v) is 4.86. The maximum absolute atomic E-state index is 12.1. The Labute approximate surface area is 118 Å². The van der Waals surface area contributed by atoms with Crippen molar-refractivity contribution in [2.45, 2.75) is 32.2 Å². The van der Waals surface area contributed by atoms with Gasteiger partial charge >= 0.3 is 6.03 Å². The summed E-state index contributed by atoms with van der Waals surface area (Å²) in [6.07, 6.45) is 2.22. The molecule has 0 aliphatic carbocycles. The van der Waals surface area contributed by atoms with E-state index in [1.54, 1.807) is 12.1 Å². The van der Waals surface area contributed by atoms with E-state index in [1.807, 2.05) is 25.1 Å². The van der Waals surface area contributed by atoms with Crippen molar-refractivity contribution in [1.82, 2.24) is 10.2 Å². The van der Waals surface area contributed by atoms with Gasteiger partial charge in [-0.15, -0.1) is 0 Å². The van der Waals surface area contributed by atoms with E-state index in [-0.39, 0.29) is 11.9 Å². The molecule has 1 aliphatic heterocycles. The summed E-state index contributed by atoms with van der Waals surface area (Å²) in [4.78, 5) is 25.2. The van der Waals surface area contributed by atoms with E-state index in [2.05, 4.69) is 5.32 Å². The highest BCUT2D eigenvalue weighted by molar-refractivity contribution is 6.04. The molecule has 5 heteroatoms. The molecule has 1 unspecified atom stereocenters. The van der Waals surface area contributed by atoms with E-state index < -0.39 is 6.04 Å². The number of carbonyl (C=O) groups excluding carboxylic acids is 2. The van der Waals surface area contributed by atoms with Gasteiger partial charge in [0, 0.05) is 13.0 Å². The van der Waals surface area contributed by atoms with E-state index in [4.69, 9.17) is 5.26 Å². The third kappa shape index (κ3) is 2.97. The molecule has 1 N–H and O–H groups in total. The molecule has 1 fully saturated rings. The summed E-state index contributed by atoms with van der Waals surface area (Å²) in [7, 11) is 0. The smallest absolute Gasteiger partial charge is 0.324 e. The van der Waals surface area contributed by atoms with Crippen molar-refractivity contribution in [2.75, 3.05) is 6.54 Å². The zero-order valence-electron chi connectivity index (χ0n) is 11.4. The van der Waals surface area contributed by atoms with Gasteiger partial charge in [0.25, 0.3) is 5.91 Å². The van der Waals surface area contributed by atoms with Crippen LogP contribution in [-0.2, 0) is 11.2 Å². The van der Waals surface area contributed by atoms with Gasteiger partial charge in [-0.3, -0.25) is 9.69 Å². The quantitative estimate of drug-likeness (QED) is 0.830. The van der Waals surface area contributed by atoms with Crippen LogP contribution in [-0.4, -0.2) is 29.4 Å². The molecule has 20 heavy (non-hydrogen) atoms. The average molecular weight is 271 g/mol. The lowest BCUT2D eigenvalue weighted by Gasteiger charge is -2.12. The molecule has 1 aliphatic rings. The van der Waals surface area contributed by atoms with E-state index >= 15 is 0 Å². The van der Waals surface area contributed by atoms with Gasteiger partial charge in [-0.05, 0) is 24.1 Å². The van der Waals surface area contributed by atoms with Gasteiger partial charge in [-0.25, -0.2) is 4.79 Å². The molecule has 104 valence electrons. The monoisotopic (exact) mass is 271 g/mol. The number of imide groups is 1. The van der Waals surface area contributed by atoms with E-state index in [1.165, 1.54) is 4.90 Å². The molecule has 1 saturated heterocycles. The molecule has 0 saturated carbocycles. The first-order chi connectivity index (χ1) is 9.65. The highest BCUT2D eigenvalue weighted by atomic mass is 16.2. The first kappa shape index (κ1) is 14.1. The van der Waals surface area contributed by atoms with Crippen LogP contribution in [0.25, 0.3) is 0 Å². The number of rotatable bonds is 5. The van der Waals surface area contributed by atoms with Crippen molar-refractivity contribution in [3.63, 3.8) is 0 Å². The number of nitriles is 1. The predicted molar refractivity (Wildman–Crippen MR) is 73.8 cm³/mol. The Morgan fingerprint density at radius 3 is 2.60 bits per heavy atom. The van der Waals surface area contributed by atoms with Crippen LogP contribution in [0.1, 0.15) is 30.9 Å². The van der Waals surface area contributed by atoms with Gasteiger partial charge in [0.15, 0.2) is 0 Å². The Bertz CT molecular complexity index is 545. The topological polar surface area (TPSA) is 73.2 Å². The molecule has 0 radical (unpaired) electrons. The van der Waals surface area contributed by atoms with Gasteiger partial charge < -0.3 is 5.32 Å². The van der Waals surface area contributed by atoms with Crippen LogP contribution >= 0.6 is 0 Å². The Kier molecular flexibility index (Phi) is 4.36. The van der Waals surface area contributed by atoms with Crippen LogP contribution < -0.4 is 5.32 Å². The Balaban J connectivity index is 2.01. The fraction of sp³-hybridized carbons (Fsp3) is 0.400. The lowest BCUT2D eigenvalue weighted by molar-refractivity contribution is -0.127. The average Bonchev–Trinajstić information content (AvgIpc) is 2.72. The Morgan fingerprint density at radius 2 is 2.00 bits per heavy atom. The third-order valence-corrected chi connectivity index (χ3v) is 3.37. The molecule has 1 aromatic rings. The standard InChI is InChI=1S/C15H17N3O2/c1-2-3-8-18-14(19)13(17-15(18)20)9-11-4-6-12(10-16)7-5-11/h4-7,13H,2-3,8-9H2,1H3,(H,17,20). The number of unbranched alkanes of at least 4 members (excludes halogenated alkanes) is 1. The normalized spacial score (nSPS) is 18.0. The molecular formula is C15H17N3O2. The van der Waals surface area contributed by atoms with E-state index in [0.717, 1.165) is 18.4 Å². The largest absolute Gasteiger partial charge is 0.325 e. The highest BCUT2D eigenvalue weighted by Crippen LogP contribution is 2.13. The van der Waals surface area contributed by atoms with Gasteiger partial charge in [0.2, 0.25) is 0 Å². The predicted octanol–water partition coefficient (Wildman–Crippen LogP) is 1.82.